The summed E-state index contributed by atoms with van der Waals surface area (Å²) in [6, 6.07) is 12.2. The number of carbonyl (C=O) groups excluding carboxylic acids is 2. The Bertz CT molecular complexity index is 1090. The van der Waals surface area contributed by atoms with E-state index < -0.39 is 22.2 Å². The molecule has 1 saturated heterocycles. The largest absolute Gasteiger partial charge is 0.450 e. The number of rotatable bonds is 7. The number of halogens is 2. The van der Waals surface area contributed by atoms with Gasteiger partial charge in [-0.25, -0.2) is 13.2 Å². The molecule has 1 heterocycles. The molecule has 33 heavy (non-hydrogen) atoms. The Labute approximate surface area is 203 Å². The molecule has 0 aromatic heterocycles. The number of sulfonamides is 1. The van der Waals surface area contributed by atoms with Gasteiger partial charge in [-0.05, 0) is 37.1 Å². The van der Waals surface area contributed by atoms with E-state index in [4.69, 9.17) is 27.9 Å². The Morgan fingerprint density at radius 2 is 1.67 bits per heavy atom. The summed E-state index contributed by atoms with van der Waals surface area (Å²) in [5.74, 6) is -0.385. The second-order valence-electron chi connectivity index (χ2n) is 7.45. The zero-order chi connectivity index (χ0) is 24.0. The quantitative estimate of drug-likeness (QED) is 0.613. The van der Waals surface area contributed by atoms with Crippen molar-refractivity contribution in [3.05, 3.63) is 64.1 Å². The van der Waals surface area contributed by atoms with E-state index in [9.17, 15) is 18.0 Å². The van der Waals surface area contributed by atoms with Gasteiger partial charge in [0.1, 0.15) is 10.9 Å². The van der Waals surface area contributed by atoms with Crippen LogP contribution in [0.2, 0.25) is 10.0 Å². The maximum absolute atomic E-state index is 13.4. The standard InChI is InChI=1S/C22H25Cl2N3O5S/c1-2-32-22(29)27-12-10-26(11-13-27)21(28)19(14-16-6-4-3-5-7-16)25-33(30,31)20-15-17(23)8-9-18(20)24/h3-9,15,19,25H,2,10-14H2,1H3/t19-/m1/s1. The number of nitrogens with zero attached hydrogens (tertiary/aromatic N) is 2. The summed E-state index contributed by atoms with van der Waals surface area (Å²) < 4.78 is 33.7. The van der Waals surface area contributed by atoms with Crippen LogP contribution in [0.1, 0.15) is 12.5 Å². The molecule has 1 atom stereocenters. The predicted molar refractivity (Wildman–Crippen MR) is 126 cm³/mol. The van der Waals surface area contributed by atoms with E-state index in [0.717, 1.165) is 5.56 Å². The molecule has 3 rings (SSSR count). The van der Waals surface area contributed by atoms with Crippen LogP contribution >= 0.6 is 23.2 Å². The van der Waals surface area contributed by atoms with Crippen molar-refractivity contribution >= 4 is 45.2 Å². The van der Waals surface area contributed by atoms with Crippen LogP contribution in [0.15, 0.2) is 53.4 Å². The third-order valence-corrected chi connectivity index (χ3v) is 7.37. The fourth-order valence-electron chi connectivity index (χ4n) is 3.51. The average Bonchev–Trinajstić information content (AvgIpc) is 2.80. The maximum Gasteiger partial charge on any atom is 0.409 e. The molecule has 1 aliphatic heterocycles. The van der Waals surface area contributed by atoms with Crippen LogP contribution in [-0.4, -0.2) is 69.0 Å². The lowest BCUT2D eigenvalue weighted by atomic mass is 10.1. The van der Waals surface area contributed by atoms with Crippen LogP contribution in [-0.2, 0) is 26.0 Å². The van der Waals surface area contributed by atoms with Gasteiger partial charge in [-0.3, -0.25) is 4.79 Å². The second-order valence-corrected chi connectivity index (χ2v) is 9.98. The van der Waals surface area contributed by atoms with Gasteiger partial charge >= 0.3 is 6.09 Å². The number of piperazine rings is 1. The minimum absolute atomic E-state index is 0.000797. The van der Waals surface area contributed by atoms with Crippen LogP contribution in [0.5, 0.6) is 0 Å². The highest BCUT2D eigenvalue weighted by Crippen LogP contribution is 2.25. The minimum atomic E-state index is -4.15. The first-order valence-electron chi connectivity index (χ1n) is 10.4. The molecule has 0 unspecified atom stereocenters. The molecule has 11 heteroatoms. The zero-order valence-corrected chi connectivity index (χ0v) is 20.4. The lowest BCUT2D eigenvalue weighted by molar-refractivity contribution is -0.134. The Balaban J connectivity index is 1.80. The smallest absolute Gasteiger partial charge is 0.409 e. The average molecular weight is 514 g/mol. The molecule has 2 amide bonds. The van der Waals surface area contributed by atoms with Crippen molar-refractivity contribution in [2.75, 3.05) is 32.8 Å². The van der Waals surface area contributed by atoms with Gasteiger partial charge in [0.15, 0.2) is 0 Å². The molecule has 0 saturated carbocycles. The first kappa shape index (κ1) is 25.3. The van der Waals surface area contributed by atoms with E-state index in [1.807, 2.05) is 30.3 Å². The summed E-state index contributed by atoms with van der Waals surface area (Å²) in [4.78, 5) is 28.2. The van der Waals surface area contributed by atoms with Crippen LogP contribution in [0.25, 0.3) is 0 Å². The van der Waals surface area contributed by atoms with E-state index in [2.05, 4.69) is 4.72 Å². The van der Waals surface area contributed by atoms with Gasteiger partial charge in [0.25, 0.3) is 0 Å². The Morgan fingerprint density at radius 1 is 1.03 bits per heavy atom. The molecule has 8 nitrogen and oxygen atoms in total. The molecular formula is C22H25Cl2N3O5S. The van der Waals surface area contributed by atoms with Crippen molar-refractivity contribution in [2.45, 2.75) is 24.3 Å². The van der Waals surface area contributed by atoms with Crippen molar-refractivity contribution in [3.8, 4) is 0 Å². The molecule has 0 radical (unpaired) electrons. The number of benzene rings is 2. The Morgan fingerprint density at radius 3 is 2.30 bits per heavy atom. The number of hydrogen-bond acceptors (Lipinski definition) is 5. The summed E-state index contributed by atoms with van der Waals surface area (Å²) >= 11 is 12.1. The minimum Gasteiger partial charge on any atom is -0.450 e. The summed E-state index contributed by atoms with van der Waals surface area (Å²) in [7, 11) is -4.15. The van der Waals surface area contributed by atoms with Crippen LogP contribution < -0.4 is 4.72 Å². The Hall–Kier alpha value is -2.33. The van der Waals surface area contributed by atoms with Crippen molar-refractivity contribution < 1.29 is 22.7 Å². The molecule has 0 spiro atoms. The van der Waals surface area contributed by atoms with Crippen molar-refractivity contribution in [1.29, 1.82) is 0 Å². The van der Waals surface area contributed by atoms with Crippen LogP contribution in [0.3, 0.4) is 0 Å². The summed E-state index contributed by atoms with van der Waals surface area (Å²) in [6.07, 6.45) is -0.281. The zero-order valence-electron chi connectivity index (χ0n) is 18.0. The summed E-state index contributed by atoms with van der Waals surface area (Å²) in [5.41, 5.74) is 0.793. The van der Waals surface area contributed by atoms with Gasteiger partial charge in [0.2, 0.25) is 15.9 Å². The Kier molecular flexibility index (Phi) is 8.58. The van der Waals surface area contributed by atoms with Gasteiger partial charge in [-0.1, -0.05) is 53.5 Å². The van der Waals surface area contributed by atoms with E-state index in [-0.39, 0.29) is 47.0 Å². The number of nitrogens with one attached hydrogen (secondary N) is 1. The van der Waals surface area contributed by atoms with E-state index in [0.29, 0.717) is 13.1 Å². The lowest BCUT2D eigenvalue weighted by Gasteiger charge is -2.36. The monoisotopic (exact) mass is 513 g/mol. The summed E-state index contributed by atoms with van der Waals surface area (Å²) in [6.45, 7) is 3.13. The van der Waals surface area contributed by atoms with Crippen LogP contribution in [0.4, 0.5) is 4.79 Å². The van der Waals surface area contributed by atoms with Gasteiger partial charge in [0, 0.05) is 31.2 Å². The summed E-state index contributed by atoms with van der Waals surface area (Å²) in [5, 5.41) is 0.210. The van der Waals surface area contributed by atoms with E-state index in [1.54, 1.807) is 11.8 Å². The van der Waals surface area contributed by atoms with Crippen molar-refractivity contribution in [3.63, 3.8) is 0 Å². The third kappa shape index (κ3) is 6.60. The fraction of sp³-hybridized carbons (Fsp3) is 0.364. The molecule has 0 aliphatic carbocycles. The predicted octanol–water partition coefficient (Wildman–Crippen LogP) is 3.18. The molecule has 1 fully saturated rings. The number of amides is 2. The molecule has 2 aromatic carbocycles. The number of ether oxygens (including phenoxy) is 1. The molecule has 2 aromatic rings. The maximum atomic E-state index is 13.4. The van der Waals surface area contributed by atoms with Gasteiger partial charge < -0.3 is 14.5 Å². The van der Waals surface area contributed by atoms with Gasteiger partial charge in [-0.15, -0.1) is 0 Å². The van der Waals surface area contributed by atoms with Gasteiger partial charge in [-0.2, -0.15) is 4.72 Å². The third-order valence-electron chi connectivity index (χ3n) is 5.18. The first-order chi connectivity index (χ1) is 15.7. The SMILES string of the molecule is CCOC(=O)N1CCN(C(=O)[C@@H](Cc2ccccc2)NS(=O)(=O)c2cc(Cl)ccc2Cl)CC1. The van der Waals surface area contributed by atoms with Gasteiger partial charge in [0.05, 0.1) is 11.6 Å². The first-order valence-corrected chi connectivity index (χ1v) is 12.7. The molecule has 1 aliphatic rings. The van der Waals surface area contributed by atoms with Crippen molar-refractivity contribution in [1.82, 2.24) is 14.5 Å². The van der Waals surface area contributed by atoms with Crippen molar-refractivity contribution in [2.24, 2.45) is 0 Å². The van der Waals surface area contributed by atoms with E-state index >= 15 is 0 Å². The topological polar surface area (TPSA) is 96.0 Å². The molecule has 178 valence electrons. The van der Waals surface area contributed by atoms with E-state index in [1.165, 1.54) is 23.1 Å². The highest BCUT2D eigenvalue weighted by atomic mass is 35.5. The fourth-order valence-corrected chi connectivity index (χ4v) is 5.46. The number of carbonyl (C=O) groups is 2. The molecular weight excluding hydrogens is 489 g/mol. The second kappa shape index (κ2) is 11.2. The van der Waals surface area contributed by atoms with Crippen LogP contribution in [0, 0.1) is 0 Å². The highest BCUT2D eigenvalue weighted by molar-refractivity contribution is 7.89. The molecule has 0 bridgehead atoms. The number of hydrogen-bond donors (Lipinski definition) is 1. The normalized spacial score (nSPS) is 15.2. The lowest BCUT2D eigenvalue weighted by Crippen LogP contribution is -2.56. The highest BCUT2D eigenvalue weighted by Gasteiger charge is 2.33. The molecule has 1 N–H and O–H groups in total.